The standard InChI is InChI=1S/C57H35N5.C17H12/c1-3-16-37(17-4-1)55-58-56(38-18-5-2-6-19-38)60-57(59-55)50-34-43(31-41-22-10-11-23-44(41)50)61-52-33-40-21-8-7-20-39(40)32-49(52)47-30-28-42(35-53(47)61)62-51-26-14-13-25-46(51)48-29-27-36-15-9-12-24-45(36)54(48)62;1-3-7-14-12(5-1)9-10-16-15-8-4-2-6-13(15)11-17(14)16/h1-35H;1-10H,11H2. The molecule has 3 heterocycles. The van der Waals surface area contributed by atoms with Crippen LogP contribution in [0.2, 0.25) is 0 Å². The van der Waals surface area contributed by atoms with Crippen molar-refractivity contribution in [3.63, 3.8) is 0 Å². The van der Waals surface area contributed by atoms with Gasteiger partial charge in [0.15, 0.2) is 17.5 Å². The van der Waals surface area contributed by atoms with Crippen molar-refractivity contribution >= 4 is 86.7 Å². The Morgan fingerprint density at radius 1 is 0.266 bits per heavy atom. The quantitative estimate of drug-likeness (QED) is 0.173. The molecule has 0 bridgehead atoms. The summed E-state index contributed by atoms with van der Waals surface area (Å²) in [7, 11) is 0. The summed E-state index contributed by atoms with van der Waals surface area (Å²) in [4.78, 5) is 15.5. The molecule has 0 aliphatic heterocycles. The van der Waals surface area contributed by atoms with Crippen LogP contribution in [0.4, 0.5) is 0 Å². The van der Waals surface area contributed by atoms with E-state index in [1.54, 1.807) is 0 Å². The fraction of sp³-hybridized carbons (Fsp3) is 0.0135. The second-order valence-corrected chi connectivity index (χ2v) is 20.7. The Bertz CT molecular complexity index is 5050. The minimum absolute atomic E-state index is 0.625. The SMILES string of the molecule is c1ccc(-c2nc(-c3ccccc3)nc(-c3cc(-n4c5cc(-n6c7ccccc7c7ccc8ccccc8c76)ccc5c5cc6ccccc6cc54)cc4ccccc34)n2)cc1.c1ccc2c(c1)Cc1c-2ccc2ccccc12. The Morgan fingerprint density at radius 3 is 1.57 bits per heavy atom. The van der Waals surface area contributed by atoms with E-state index >= 15 is 0 Å². The highest BCUT2D eigenvalue weighted by Crippen LogP contribution is 2.43. The molecular weight excluding hydrogens is 959 g/mol. The second kappa shape index (κ2) is 18.1. The smallest absolute Gasteiger partial charge is 0.164 e. The summed E-state index contributed by atoms with van der Waals surface area (Å²) in [5, 5.41) is 14.6. The Hall–Kier alpha value is -10.5. The summed E-state index contributed by atoms with van der Waals surface area (Å²) in [5.74, 6) is 1.89. The van der Waals surface area contributed by atoms with Crippen molar-refractivity contribution in [1.82, 2.24) is 24.1 Å². The largest absolute Gasteiger partial charge is 0.309 e. The van der Waals surface area contributed by atoms with Gasteiger partial charge in [-0.25, -0.2) is 15.0 Å². The molecule has 0 amide bonds. The molecule has 1 aliphatic carbocycles. The molecule has 0 saturated carbocycles. The molecule has 0 fully saturated rings. The number of hydrogen-bond donors (Lipinski definition) is 0. The average molecular weight is 1010 g/mol. The molecule has 5 nitrogen and oxygen atoms in total. The molecule has 0 spiro atoms. The number of hydrogen-bond acceptors (Lipinski definition) is 3. The van der Waals surface area contributed by atoms with Crippen molar-refractivity contribution in [2.75, 3.05) is 0 Å². The summed E-state index contributed by atoms with van der Waals surface area (Å²) >= 11 is 0. The van der Waals surface area contributed by atoms with Gasteiger partial charge in [0.2, 0.25) is 0 Å². The van der Waals surface area contributed by atoms with Gasteiger partial charge >= 0.3 is 0 Å². The first-order valence-corrected chi connectivity index (χ1v) is 27.0. The molecule has 17 rings (SSSR count). The summed E-state index contributed by atoms with van der Waals surface area (Å²) < 4.78 is 4.90. The van der Waals surface area contributed by atoms with E-state index in [0.29, 0.717) is 17.5 Å². The van der Waals surface area contributed by atoms with Crippen LogP contribution in [-0.4, -0.2) is 24.1 Å². The van der Waals surface area contributed by atoms with E-state index in [1.165, 1.54) is 87.1 Å². The van der Waals surface area contributed by atoms with E-state index in [4.69, 9.17) is 15.0 Å². The van der Waals surface area contributed by atoms with Crippen LogP contribution in [0.25, 0.3) is 143 Å². The molecule has 368 valence electrons. The molecule has 16 aromatic rings. The first kappa shape index (κ1) is 44.8. The van der Waals surface area contributed by atoms with E-state index in [2.05, 4.69) is 246 Å². The Labute approximate surface area is 455 Å². The zero-order valence-corrected chi connectivity index (χ0v) is 42.9. The molecule has 13 aromatic carbocycles. The highest BCUT2D eigenvalue weighted by molar-refractivity contribution is 6.19. The minimum atomic E-state index is 0.625. The lowest BCUT2D eigenvalue weighted by molar-refractivity contribution is 1.07. The van der Waals surface area contributed by atoms with Crippen molar-refractivity contribution in [2.24, 2.45) is 0 Å². The van der Waals surface area contributed by atoms with Crippen LogP contribution < -0.4 is 0 Å². The maximum Gasteiger partial charge on any atom is 0.164 e. The maximum absolute atomic E-state index is 5.23. The predicted molar refractivity (Wildman–Crippen MR) is 330 cm³/mol. The number of benzene rings is 13. The van der Waals surface area contributed by atoms with Crippen LogP contribution in [0.15, 0.2) is 273 Å². The van der Waals surface area contributed by atoms with Gasteiger partial charge in [0.25, 0.3) is 0 Å². The maximum atomic E-state index is 5.23. The lowest BCUT2D eigenvalue weighted by Crippen LogP contribution is -2.02. The van der Waals surface area contributed by atoms with Gasteiger partial charge in [-0.15, -0.1) is 0 Å². The van der Waals surface area contributed by atoms with Gasteiger partial charge in [-0.1, -0.05) is 231 Å². The van der Waals surface area contributed by atoms with Crippen LogP contribution in [0.3, 0.4) is 0 Å². The van der Waals surface area contributed by atoms with Crippen LogP contribution >= 0.6 is 0 Å². The van der Waals surface area contributed by atoms with Gasteiger partial charge in [0.1, 0.15) is 0 Å². The lowest BCUT2D eigenvalue weighted by Gasteiger charge is -2.15. The number of para-hydroxylation sites is 1. The minimum Gasteiger partial charge on any atom is -0.309 e. The zero-order valence-electron chi connectivity index (χ0n) is 42.9. The Balaban J connectivity index is 0.000000259. The third kappa shape index (κ3) is 7.35. The second-order valence-electron chi connectivity index (χ2n) is 20.7. The molecule has 3 aromatic heterocycles. The molecule has 0 N–H and O–H groups in total. The van der Waals surface area contributed by atoms with Crippen LogP contribution in [0.5, 0.6) is 0 Å². The van der Waals surface area contributed by atoms with Crippen molar-refractivity contribution in [3.05, 3.63) is 284 Å². The van der Waals surface area contributed by atoms with Crippen LogP contribution in [0, 0.1) is 0 Å². The first-order valence-electron chi connectivity index (χ1n) is 27.0. The summed E-state index contributed by atoms with van der Waals surface area (Å²) in [6.45, 7) is 0. The zero-order chi connectivity index (χ0) is 52.0. The molecule has 5 heteroatoms. The average Bonchev–Trinajstić information content (AvgIpc) is 4.30. The molecule has 0 atom stereocenters. The van der Waals surface area contributed by atoms with Gasteiger partial charge in [-0.05, 0) is 109 Å². The number of rotatable bonds is 5. The third-order valence-electron chi connectivity index (χ3n) is 16.2. The van der Waals surface area contributed by atoms with Crippen molar-refractivity contribution in [3.8, 4) is 56.7 Å². The van der Waals surface area contributed by atoms with E-state index in [9.17, 15) is 0 Å². The van der Waals surface area contributed by atoms with E-state index in [0.717, 1.165) is 56.3 Å². The summed E-state index contributed by atoms with van der Waals surface area (Å²) in [5.41, 5.74) is 15.4. The highest BCUT2D eigenvalue weighted by atomic mass is 15.0. The first-order chi connectivity index (χ1) is 39.2. The fourth-order valence-corrected chi connectivity index (χ4v) is 12.6. The number of fused-ring (bicyclic) bond motifs is 15. The normalized spacial score (nSPS) is 12.0. The Morgan fingerprint density at radius 2 is 0.810 bits per heavy atom. The fourth-order valence-electron chi connectivity index (χ4n) is 12.6. The van der Waals surface area contributed by atoms with Gasteiger partial charge in [-0.2, -0.15) is 0 Å². The van der Waals surface area contributed by atoms with Gasteiger partial charge < -0.3 is 9.13 Å². The lowest BCUT2D eigenvalue weighted by atomic mass is 9.99. The van der Waals surface area contributed by atoms with Crippen LogP contribution in [0.1, 0.15) is 11.1 Å². The van der Waals surface area contributed by atoms with Crippen molar-refractivity contribution < 1.29 is 0 Å². The highest BCUT2D eigenvalue weighted by Gasteiger charge is 2.23. The van der Waals surface area contributed by atoms with E-state index in [1.807, 2.05) is 36.4 Å². The summed E-state index contributed by atoms with van der Waals surface area (Å²) in [6.07, 6.45) is 1.08. The predicted octanol–water partition coefficient (Wildman–Crippen LogP) is 18.9. The molecule has 0 unspecified atom stereocenters. The third-order valence-corrected chi connectivity index (χ3v) is 16.2. The number of nitrogens with zero attached hydrogens (tertiary/aromatic N) is 5. The molecule has 1 aliphatic rings. The molecule has 0 radical (unpaired) electrons. The van der Waals surface area contributed by atoms with Gasteiger partial charge in [0.05, 0.1) is 22.1 Å². The van der Waals surface area contributed by atoms with Crippen molar-refractivity contribution in [1.29, 1.82) is 0 Å². The molecular formula is C74H47N5. The van der Waals surface area contributed by atoms with E-state index in [-0.39, 0.29) is 0 Å². The number of aromatic nitrogens is 5. The van der Waals surface area contributed by atoms with Gasteiger partial charge in [-0.3, -0.25) is 0 Å². The van der Waals surface area contributed by atoms with Crippen molar-refractivity contribution in [2.45, 2.75) is 6.42 Å². The topological polar surface area (TPSA) is 48.5 Å². The Kier molecular flexibility index (Phi) is 10.2. The van der Waals surface area contributed by atoms with Crippen LogP contribution in [-0.2, 0) is 6.42 Å². The molecule has 0 saturated heterocycles. The monoisotopic (exact) mass is 1010 g/mol. The van der Waals surface area contributed by atoms with Gasteiger partial charge in [0, 0.05) is 55.0 Å². The van der Waals surface area contributed by atoms with E-state index < -0.39 is 0 Å². The summed E-state index contributed by atoms with van der Waals surface area (Å²) in [6, 6.07) is 97.8. The molecule has 79 heavy (non-hydrogen) atoms.